The molecule has 3 atom stereocenters. The number of hydrogen-bond donors (Lipinski definition) is 2. The minimum atomic E-state index is -0.319. The van der Waals surface area contributed by atoms with E-state index in [1.54, 1.807) is 0 Å². The molecule has 3 unspecified atom stereocenters. The summed E-state index contributed by atoms with van der Waals surface area (Å²) in [5.74, 6) is 0.897. The van der Waals surface area contributed by atoms with Crippen LogP contribution in [0.1, 0.15) is 31.7 Å². The summed E-state index contributed by atoms with van der Waals surface area (Å²) in [5.41, 5.74) is 0.882. The van der Waals surface area contributed by atoms with Crippen molar-refractivity contribution in [2.24, 2.45) is 5.92 Å². The van der Waals surface area contributed by atoms with Crippen molar-refractivity contribution < 1.29 is 5.11 Å². The minimum absolute atomic E-state index is 0.152. The molecule has 0 spiro atoms. The molecule has 1 saturated carbocycles. The van der Waals surface area contributed by atoms with E-state index in [9.17, 15) is 5.11 Å². The highest BCUT2D eigenvalue weighted by atomic mass is 16.3. The van der Waals surface area contributed by atoms with Crippen LogP contribution in [0.2, 0.25) is 0 Å². The van der Waals surface area contributed by atoms with Gasteiger partial charge in [-0.05, 0) is 37.3 Å². The first kappa shape index (κ1) is 14.1. The smallest absolute Gasteiger partial charge is 0.0797 e. The number of likely N-dealkylation sites (N-methyl/N-ethyl adjacent to an activating group) is 1. The lowest BCUT2D eigenvalue weighted by Gasteiger charge is -2.40. The summed E-state index contributed by atoms with van der Waals surface area (Å²) in [6.07, 6.45) is 4.11. The van der Waals surface area contributed by atoms with Crippen molar-refractivity contribution in [3.05, 3.63) is 35.9 Å². The van der Waals surface area contributed by atoms with Crippen molar-refractivity contribution in [3.63, 3.8) is 0 Å². The second kappa shape index (κ2) is 5.84. The Morgan fingerprint density at radius 2 is 2.10 bits per heavy atom. The summed E-state index contributed by atoms with van der Waals surface area (Å²) >= 11 is 0. The monoisotopic (exact) mass is 274 g/mol. The number of hydrogen-bond acceptors (Lipinski definition) is 3. The first-order valence-electron chi connectivity index (χ1n) is 7.93. The summed E-state index contributed by atoms with van der Waals surface area (Å²) in [5, 5.41) is 13.7. The van der Waals surface area contributed by atoms with Crippen LogP contribution in [0.25, 0.3) is 0 Å². The third-order valence-corrected chi connectivity index (χ3v) is 5.11. The average Bonchev–Trinajstić information content (AvgIpc) is 3.10. The predicted molar refractivity (Wildman–Crippen MR) is 81.6 cm³/mol. The highest BCUT2D eigenvalue weighted by Gasteiger charge is 2.42. The molecule has 20 heavy (non-hydrogen) atoms. The Labute approximate surface area is 122 Å². The molecule has 0 radical (unpaired) electrons. The maximum absolute atomic E-state index is 10.1. The van der Waals surface area contributed by atoms with Crippen LogP contribution in [-0.2, 0) is 5.54 Å². The van der Waals surface area contributed by atoms with Crippen molar-refractivity contribution in [1.29, 1.82) is 0 Å². The lowest BCUT2D eigenvalue weighted by atomic mass is 9.89. The highest BCUT2D eigenvalue weighted by molar-refractivity contribution is 5.25. The molecule has 1 aliphatic heterocycles. The van der Waals surface area contributed by atoms with Crippen LogP contribution in [0.15, 0.2) is 30.3 Å². The second-order valence-electron chi connectivity index (χ2n) is 6.40. The second-order valence-corrected chi connectivity index (χ2v) is 6.40. The largest absolute Gasteiger partial charge is 0.394 e. The molecule has 3 nitrogen and oxygen atoms in total. The summed E-state index contributed by atoms with van der Waals surface area (Å²) < 4.78 is 0. The molecule has 0 amide bonds. The predicted octanol–water partition coefficient (Wildman–Crippen LogP) is 1.97. The number of likely N-dealkylation sites (tertiary alicyclic amines) is 1. The Morgan fingerprint density at radius 1 is 1.30 bits per heavy atom. The lowest BCUT2D eigenvalue weighted by molar-refractivity contribution is 0.0908. The highest BCUT2D eigenvalue weighted by Crippen LogP contribution is 2.39. The molecule has 1 aromatic rings. The molecule has 3 rings (SSSR count). The van der Waals surface area contributed by atoms with E-state index in [-0.39, 0.29) is 12.1 Å². The maximum atomic E-state index is 10.1. The topological polar surface area (TPSA) is 35.5 Å². The maximum Gasteiger partial charge on any atom is 0.0797 e. The number of aliphatic hydroxyl groups excluding tert-OH is 1. The molecule has 1 saturated heterocycles. The number of fused-ring (bicyclic) bond motifs is 2. The van der Waals surface area contributed by atoms with Crippen molar-refractivity contribution in [1.82, 2.24) is 10.2 Å². The fraction of sp³-hybridized carbons (Fsp3) is 0.647. The summed E-state index contributed by atoms with van der Waals surface area (Å²) in [4.78, 5) is 2.60. The Hall–Kier alpha value is -0.900. The SMILES string of the molecule is CCNC(CO)(CN1CC2CCC1C2)c1ccccc1. The van der Waals surface area contributed by atoms with Crippen LogP contribution < -0.4 is 5.32 Å². The number of aliphatic hydroxyl groups is 1. The summed E-state index contributed by atoms with van der Waals surface area (Å²) in [6.45, 7) is 5.27. The van der Waals surface area contributed by atoms with E-state index in [0.717, 1.165) is 25.0 Å². The van der Waals surface area contributed by atoms with Gasteiger partial charge in [-0.2, -0.15) is 0 Å². The van der Waals surface area contributed by atoms with Crippen LogP contribution in [-0.4, -0.2) is 42.3 Å². The van der Waals surface area contributed by atoms with Gasteiger partial charge in [0.1, 0.15) is 0 Å². The third kappa shape index (κ3) is 2.50. The van der Waals surface area contributed by atoms with Gasteiger partial charge in [0.15, 0.2) is 0 Å². The molecule has 3 heteroatoms. The number of nitrogens with zero attached hydrogens (tertiary/aromatic N) is 1. The quantitative estimate of drug-likeness (QED) is 0.832. The minimum Gasteiger partial charge on any atom is -0.394 e. The average molecular weight is 274 g/mol. The van der Waals surface area contributed by atoms with Crippen LogP contribution >= 0.6 is 0 Å². The van der Waals surface area contributed by atoms with Gasteiger partial charge < -0.3 is 10.4 Å². The van der Waals surface area contributed by atoms with Crippen LogP contribution in [0, 0.1) is 5.92 Å². The Morgan fingerprint density at radius 3 is 2.65 bits per heavy atom. The Bertz CT molecular complexity index is 436. The van der Waals surface area contributed by atoms with Crippen LogP contribution in [0.3, 0.4) is 0 Å². The van der Waals surface area contributed by atoms with Gasteiger partial charge in [0.25, 0.3) is 0 Å². The van der Waals surface area contributed by atoms with Gasteiger partial charge in [0, 0.05) is 19.1 Å². The molecule has 2 bridgehead atoms. The molecule has 0 aromatic heterocycles. The first-order chi connectivity index (χ1) is 9.77. The van der Waals surface area contributed by atoms with E-state index in [4.69, 9.17) is 0 Å². The third-order valence-electron chi connectivity index (χ3n) is 5.11. The first-order valence-corrected chi connectivity index (χ1v) is 7.93. The number of piperidine rings is 1. The van der Waals surface area contributed by atoms with Crippen LogP contribution in [0.4, 0.5) is 0 Å². The molecule has 2 N–H and O–H groups in total. The van der Waals surface area contributed by atoms with E-state index in [1.165, 1.54) is 31.4 Å². The van der Waals surface area contributed by atoms with E-state index >= 15 is 0 Å². The zero-order valence-electron chi connectivity index (χ0n) is 12.4. The van der Waals surface area contributed by atoms with Crippen molar-refractivity contribution >= 4 is 0 Å². The van der Waals surface area contributed by atoms with Gasteiger partial charge in [-0.3, -0.25) is 4.90 Å². The van der Waals surface area contributed by atoms with Gasteiger partial charge in [0.05, 0.1) is 12.1 Å². The van der Waals surface area contributed by atoms with Gasteiger partial charge in [-0.25, -0.2) is 0 Å². The van der Waals surface area contributed by atoms with E-state index in [2.05, 4.69) is 41.4 Å². The summed E-state index contributed by atoms with van der Waals surface area (Å²) in [7, 11) is 0. The van der Waals surface area contributed by atoms with E-state index < -0.39 is 0 Å². The molecular weight excluding hydrogens is 248 g/mol. The Kier molecular flexibility index (Phi) is 4.11. The molecular formula is C17H26N2O. The zero-order chi connectivity index (χ0) is 14.0. The number of benzene rings is 1. The molecule has 1 aliphatic carbocycles. The summed E-state index contributed by atoms with van der Waals surface area (Å²) in [6, 6.07) is 11.2. The molecule has 1 aromatic carbocycles. The lowest BCUT2D eigenvalue weighted by Crippen LogP contribution is -2.55. The van der Waals surface area contributed by atoms with Gasteiger partial charge >= 0.3 is 0 Å². The standard InChI is InChI=1S/C17H26N2O/c1-2-18-17(13-20,15-6-4-3-5-7-15)12-19-11-14-8-9-16(19)10-14/h3-7,14,16,18,20H,2,8-13H2,1H3. The fourth-order valence-corrected chi connectivity index (χ4v) is 4.11. The zero-order valence-corrected chi connectivity index (χ0v) is 12.4. The van der Waals surface area contributed by atoms with E-state index in [0.29, 0.717) is 0 Å². The normalized spacial score (nSPS) is 28.7. The molecule has 1 heterocycles. The molecule has 110 valence electrons. The van der Waals surface area contributed by atoms with Gasteiger partial charge in [-0.1, -0.05) is 37.3 Å². The Balaban J connectivity index is 1.82. The van der Waals surface area contributed by atoms with Crippen molar-refractivity contribution in [2.45, 2.75) is 37.8 Å². The van der Waals surface area contributed by atoms with Crippen molar-refractivity contribution in [3.8, 4) is 0 Å². The van der Waals surface area contributed by atoms with Gasteiger partial charge in [-0.15, -0.1) is 0 Å². The number of nitrogens with one attached hydrogen (secondary N) is 1. The fourth-order valence-electron chi connectivity index (χ4n) is 4.11. The van der Waals surface area contributed by atoms with E-state index in [1.807, 2.05) is 6.07 Å². The molecule has 2 aliphatic rings. The number of rotatable bonds is 6. The molecule has 2 fully saturated rings. The van der Waals surface area contributed by atoms with Crippen LogP contribution in [0.5, 0.6) is 0 Å². The van der Waals surface area contributed by atoms with Gasteiger partial charge in [0.2, 0.25) is 0 Å². The van der Waals surface area contributed by atoms with Crippen molar-refractivity contribution in [2.75, 3.05) is 26.2 Å².